The Kier molecular flexibility index (Phi) is 4.83. The van der Waals surface area contributed by atoms with Gasteiger partial charge in [-0.2, -0.15) is 0 Å². The van der Waals surface area contributed by atoms with Gasteiger partial charge in [-0.1, -0.05) is 30.3 Å². The van der Waals surface area contributed by atoms with E-state index in [2.05, 4.69) is 0 Å². The summed E-state index contributed by atoms with van der Waals surface area (Å²) in [7, 11) is 0. The summed E-state index contributed by atoms with van der Waals surface area (Å²) < 4.78 is 5.63. The van der Waals surface area contributed by atoms with Gasteiger partial charge in [0.25, 0.3) is 5.91 Å². The number of hydrogen-bond donors (Lipinski definition) is 0. The summed E-state index contributed by atoms with van der Waals surface area (Å²) in [6.07, 6.45) is 1.74. The highest BCUT2D eigenvalue weighted by atomic mass is 35.5. The standard InChI is InChI=1S/C15H20ClNO2/c1-15(8-5-11-19-15)14(18)17(10-9-16)12-13-6-3-2-4-7-13/h2-4,6-7H,5,8-12H2,1H3. The number of hydrogen-bond acceptors (Lipinski definition) is 2. The Labute approximate surface area is 119 Å². The zero-order valence-corrected chi connectivity index (χ0v) is 12.0. The molecule has 1 atom stereocenters. The summed E-state index contributed by atoms with van der Waals surface area (Å²) in [5.74, 6) is 0.490. The molecule has 0 radical (unpaired) electrons. The zero-order chi connectivity index (χ0) is 13.7. The van der Waals surface area contributed by atoms with Crippen LogP contribution in [0.3, 0.4) is 0 Å². The van der Waals surface area contributed by atoms with Crippen LogP contribution in [0.5, 0.6) is 0 Å². The minimum absolute atomic E-state index is 0.0505. The maximum Gasteiger partial charge on any atom is 0.254 e. The normalized spacial score (nSPS) is 22.4. The Hall–Kier alpha value is -1.06. The van der Waals surface area contributed by atoms with Crippen molar-refractivity contribution in [3.8, 4) is 0 Å². The molecule has 2 rings (SSSR count). The molecule has 104 valence electrons. The molecular formula is C15H20ClNO2. The molecule has 19 heavy (non-hydrogen) atoms. The van der Waals surface area contributed by atoms with Gasteiger partial charge in [0.05, 0.1) is 0 Å². The lowest BCUT2D eigenvalue weighted by atomic mass is 10.0. The van der Waals surface area contributed by atoms with Crippen molar-refractivity contribution in [1.29, 1.82) is 0 Å². The third kappa shape index (κ3) is 3.48. The number of carbonyl (C=O) groups is 1. The smallest absolute Gasteiger partial charge is 0.254 e. The fourth-order valence-electron chi connectivity index (χ4n) is 2.44. The average Bonchev–Trinajstić information content (AvgIpc) is 2.87. The first-order valence-corrected chi connectivity index (χ1v) is 7.22. The van der Waals surface area contributed by atoms with Crippen molar-refractivity contribution in [2.24, 2.45) is 0 Å². The van der Waals surface area contributed by atoms with Crippen molar-refractivity contribution in [3.63, 3.8) is 0 Å². The summed E-state index contributed by atoms with van der Waals surface area (Å²) in [6, 6.07) is 9.97. The van der Waals surface area contributed by atoms with E-state index >= 15 is 0 Å². The van der Waals surface area contributed by atoms with E-state index in [0.29, 0.717) is 25.6 Å². The predicted octanol–water partition coefficient (Wildman–Crippen LogP) is 2.82. The second kappa shape index (κ2) is 6.40. The Morgan fingerprint density at radius 1 is 1.42 bits per heavy atom. The SMILES string of the molecule is CC1(C(=O)N(CCCl)Cc2ccccc2)CCCO1. The van der Waals surface area contributed by atoms with Crippen LogP contribution in [-0.4, -0.2) is 35.4 Å². The van der Waals surface area contributed by atoms with Crippen LogP contribution >= 0.6 is 11.6 Å². The van der Waals surface area contributed by atoms with E-state index in [1.807, 2.05) is 37.3 Å². The van der Waals surface area contributed by atoms with Gasteiger partial charge < -0.3 is 9.64 Å². The monoisotopic (exact) mass is 281 g/mol. The van der Waals surface area contributed by atoms with Crippen LogP contribution in [0.4, 0.5) is 0 Å². The molecule has 4 heteroatoms. The summed E-state index contributed by atoms with van der Waals surface area (Å²) in [6.45, 7) is 3.69. The second-order valence-electron chi connectivity index (χ2n) is 5.08. The number of benzene rings is 1. The molecule has 1 aromatic rings. The van der Waals surface area contributed by atoms with E-state index in [4.69, 9.17) is 16.3 Å². The van der Waals surface area contributed by atoms with Crippen LogP contribution < -0.4 is 0 Å². The van der Waals surface area contributed by atoms with E-state index in [-0.39, 0.29) is 5.91 Å². The Bertz CT molecular complexity index is 415. The molecule has 0 N–H and O–H groups in total. The average molecular weight is 282 g/mol. The van der Waals surface area contributed by atoms with Gasteiger partial charge in [-0.05, 0) is 25.3 Å². The molecule has 3 nitrogen and oxygen atoms in total. The summed E-state index contributed by atoms with van der Waals surface area (Å²) >= 11 is 5.82. The molecule has 1 amide bonds. The topological polar surface area (TPSA) is 29.5 Å². The number of carbonyl (C=O) groups excluding carboxylic acids is 1. The third-order valence-electron chi connectivity index (χ3n) is 3.53. The first kappa shape index (κ1) is 14.4. The number of rotatable bonds is 5. The molecule has 1 heterocycles. The summed E-state index contributed by atoms with van der Waals surface area (Å²) in [5.41, 5.74) is 0.448. The molecule has 1 unspecified atom stereocenters. The molecule has 0 aromatic heterocycles. The van der Waals surface area contributed by atoms with Crippen LogP contribution in [0.1, 0.15) is 25.3 Å². The zero-order valence-electron chi connectivity index (χ0n) is 11.3. The highest BCUT2D eigenvalue weighted by Crippen LogP contribution is 2.27. The number of alkyl halides is 1. The molecule has 1 fully saturated rings. The molecule has 1 saturated heterocycles. The molecule has 1 aliphatic heterocycles. The van der Waals surface area contributed by atoms with Crippen LogP contribution in [0.15, 0.2) is 30.3 Å². The number of nitrogens with zero attached hydrogens (tertiary/aromatic N) is 1. The lowest BCUT2D eigenvalue weighted by molar-refractivity contribution is -0.151. The van der Waals surface area contributed by atoms with Gasteiger partial charge in [0.2, 0.25) is 0 Å². The van der Waals surface area contributed by atoms with E-state index in [1.54, 1.807) is 4.90 Å². The fourth-order valence-corrected chi connectivity index (χ4v) is 2.64. The minimum Gasteiger partial charge on any atom is -0.365 e. The second-order valence-corrected chi connectivity index (χ2v) is 5.46. The molecule has 1 aromatic carbocycles. The van der Waals surface area contributed by atoms with Crippen molar-refractivity contribution >= 4 is 17.5 Å². The van der Waals surface area contributed by atoms with Gasteiger partial charge in [-0.3, -0.25) is 4.79 Å². The van der Waals surface area contributed by atoms with E-state index in [0.717, 1.165) is 18.4 Å². The van der Waals surface area contributed by atoms with Gasteiger partial charge in [-0.25, -0.2) is 0 Å². The van der Waals surface area contributed by atoms with Crippen LogP contribution in [-0.2, 0) is 16.1 Å². The van der Waals surface area contributed by atoms with Crippen LogP contribution in [0, 0.1) is 0 Å². The highest BCUT2D eigenvalue weighted by molar-refractivity contribution is 6.18. The molecular weight excluding hydrogens is 262 g/mol. The van der Waals surface area contributed by atoms with Gasteiger partial charge in [-0.15, -0.1) is 11.6 Å². The Balaban J connectivity index is 2.09. The fraction of sp³-hybridized carbons (Fsp3) is 0.533. The van der Waals surface area contributed by atoms with Crippen molar-refractivity contribution in [1.82, 2.24) is 4.90 Å². The molecule has 0 saturated carbocycles. The minimum atomic E-state index is -0.666. The van der Waals surface area contributed by atoms with Gasteiger partial charge in [0, 0.05) is 25.6 Å². The summed E-state index contributed by atoms with van der Waals surface area (Å²) in [4.78, 5) is 14.4. The number of halogens is 1. The maximum absolute atomic E-state index is 12.6. The van der Waals surface area contributed by atoms with Crippen molar-refractivity contribution in [2.45, 2.75) is 31.9 Å². The van der Waals surface area contributed by atoms with E-state index < -0.39 is 5.60 Å². The highest BCUT2D eigenvalue weighted by Gasteiger charge is 2.40. The van der Waals surface area contributed by atoms with E-state index in [1.165, 1.54) is 0 Å². The predicted molar refractivity (Wildman–Crippen MR) is 76.2 cm³/mol. The third-order valence-corrected chi connectivity index (χ3v) is 3.70. The summed E-state index contributed by atoms with van der Waals surface area (Å²) in [5, 5.41) is 0. The van der Waals surface area contributed by atoms with Gasteiger partial charge in [0.1, 0.15) is 5.60 Å². The van der Waals surface area contributed by atoms with Crippen molar-refractivity contribution < 1.29 is 9.53 Å². The Morgan fingerprint density at radius 2 is 2.16 bits per heavy atom. The number of amides is 1. The van der Waals surface area contributed by atoms with E-state index in [9.17, 15) is 4.79 Å². The quantitative estimate of drug-likeness (QED) is 0.777. The van der Waals surface area contributed by atoms with Crippen molar-refractivity contribution in [2.75, 3.05) is 19.0 Å². The molecule has 0 spiro atoms. The van der Waals surface area contributed by atoms with Crippen LogP contribution in [0.25, 0.3) is 0 Å². The largest absolute Gasteiger partial charge is 0.365 e. The van der Waals surface area contributed by atoms with Crippen LogP contribution in [0.2, 0.25) is 0 Å². The van der Waals surface area contributed by atoms with Gasteiger partial charge in [0.15, 0.2) is 0 Å². The Morgan fingerprint density at radius 3 is 2.74 bits per heavy atom. The first-order chi connectivity index (χ1) is 9.15. The first-order valence-electron chi connectivity index (χ1n) is 6.69. The number of ether oxygens (including phenoxy) is 1. The van der Waals surface area contributed by atoms with Gasteiger partial charge >= 0.3 is 0 Å². The maximum atomic E-state index is 12.6. The lowest BCUT2D eigenvalue weighted by Gasteiger charge is -2.30. The van der Waals surface area contributed by atoms with Crippen molar-refractivity contribution in [3.05, 3.63) is 35.9 Å². The molecule has 1 aliphatic rings. The lowest BCUT2D eigenvalue weighted by Crippen LogP contribution is -2.47. The molecule has 0 bridgehead atoms. The molecule has 0 aliphatic carbocycles.